The van der Waals surface area contributed by atoms with Gasteiger partial charge in [-0.05, 0) is 95.1 Å². The monoisotopic (exact) mass is 616 g/mol. The molecule has 0 radical (unpaired) electrons. The van der Waals surface area contributed by atoms with E-state index in [1.54, 1.807) is 36.4 Å². The van der Waals surface area contributed by atoms with Crippen LogP contribution in [0.5, 0.6) is 11.5 Å². The number of halogens is 2. The van der Waals surface area contributed by atoms with Crippen molar-refractivity contribution in [2.45, 2.75) is 20.5 Å². The molecule has 9 heteroatoms. The second-order valence-corrected chi connectivity index (χ2v) is 9.72. The van der Waals surface area contributed by atoms with Gasteiger partial charge in [0.15, 0.2) is 11.5 Å². The number of ether oxygens (including phenoxy) is 2. The van der Waals surface area contributed by atoms with Crippen molar-refractivity contribution in [2.75, 3.05) is 12.0 Å². The van der Waals surface area contributed by atoms with Crippen LogP contribution in [0.4, 0.5) is 10.5 Å². The molecule has 1 heterocycles. The fraction of sp³-hybridized carbons (Fsp3) is 0.148. The van der Waals surface area contributed by atoms with Crippen molar-refractivity contribution >= 4 is 63.8 Å². The molecule has 1 saturated heterocycles. The van der Waals surface area contributed by atoms with Crippen LogP contribution < -0.4 is 19.7 Å². The lowest BCUT2D eigenvalue weighted by molar-refractivity contribution is -0.122. The van der Waals surface area contributed by atoms with Gasteiger partial charge in [0, 0.05) is 5.02 Å². The first-order chi connectivity index (χ1) is 17.2. The minimum atomic E-state index is -0.783. The zero-order valence-electron chi connectivity index (χ0n) is 19.7. The van der Waals surface area contributed by atoms with Crippen molar-refractivity contribution in [1.82, 2.24) is 5.32 Å². The molecule has 36 heavy (non-hydrogen) atoms. The molecular formula is C27H22ClIN2O5. The zero-order chi connectivity index (χ0) is 26.0. The highest BCUT2D eigenvalue weighted by Gasteiger charge is 2.37. The van der Waals surface area contributed by atoms with Gasteiger partial charge in [0.1, 0.15) is 12.2 Å². The van der Waals surface area contributed by atoms with E-state index in [-0.39, 0.29) is 5.57 Å². The van der Waals surface area contributed by atoms with E-state index in [0.29, 0.717) is 34.4 Å². The highest BCUT2D eigenvalue weighted by molar-refractivity contribution is 14.1. The van der Waals surface area contributed by atoms with Crippen molar-refractivity contribution in [3.05, 3.63) is 91.0 Å². The highest BCUT2D eigenvalue weighted by Crippen LogP contribution is 2.36. The van der Waals surface area contributed by atoms with Crippen molar-refractivity contribution in [3.63, 3.8) is 0 Å². The molecule has 1 N–H and O–H groups in total. The van der Waals surface area contributed by atoms with Crippen LogP contribution in [0, 0.1) is 17.4 Å². The van der Waals surface area contributed by atoms with Crippen LogP contribution in [-0.2, 0) is 16.2 Å². The zero-order valence-corrected chi connectivity index (χ0v) is 22.6. The summed E-state index contributed by atoms with van der Waals surface area (Å²) in [5.74, 6) is -0.492. The Labute approximate surface area is 227 Å². The Hall–Kier alpha value is -3.37. The van der Waals surface area contributed by atoms with E-state index in [9.17, 15) is 14.4 Å². The van der Waals surface area contributed by atoms with Gasteiger partial charge in [-0.25, -0.2) is 9.69 Å². The molecule has 1 aliphatic rings. The number of imide groups is 2. The van der Waals surface area contributed by atoms with Crippen LogP contribution >= 0.6 is 34.2 Å². The largest absolute Gasteiger partial charge is 0.493 e. The van der Waals surface area contributed by atoms with Gasteiger partial charge in [-0.3, -0.25) is 14.9 Å². The molecule has 0 aromatic heterocycles. The average molecular weight is 617 g/mol. The first kappa shape index (κ1) is 25.7. The summed E-state index contributed by atoms with van der Waals surface area (Å²) in [4.78, 5) is 39.5. The smallest absolute Gasteiger partial charge is 0.335 e. The standard InChI is InChI=1S/C27H22ClIN2O5/c1-15-5-4-6-22(16(15)2)31-26(33)20(25(32)30-27(31)34)11-18-12-21(29)24(23(13-18)35-3)36-14-17-7-9-19(28)10-8-17/h4-13H,14H2,1-3H3,(H,30,32,34)/b20-11+. The third-order valence-corrected chi connectivity index (χ3v) is 6.83. The average Bonchev–Trinajstić information content (AvgIpc) is 2.84. The lowest BCUT2D eigenvalue weighted by atomic mass is 10.0. The predicted molar refractivity (Wildman–Crippen MR) is 146 cm³/mol. The van der Waals surface area contributed by atoms with E-state index in [1.165, 1.54) is 13.2 Å². The number of urea groups is 1. The van der Waals surface area contributed by atoms with Crippen molar-refractivity contribution in [1.29, 1.82) is 0 Å². The topological polar surface area (TPSA) is 84.9 Å². The number of carbonyl (C=O) groups excluding carboxylic acids is 3. The van der Waals surface area contributed by atoms with Crippen LogP contribution in [0.15, 0.2) is 60.2 Å². The number of rotatable bonds is 6. The number of barbiturate groups is 1. The van der Waals surface area contributed by atoms with Crippen LogP contribution in [0.25, 0.3) is 6.08 Å². The fourth-order valence-corrected chi connectivity index (χ4v) is 4.63. The molecule has 3 aromatic carbocycles. The molecular weight excluding hydrogens is 595 g/mol. The molecule has 3 aromatic rings. The third-order valence-electron chi connectivity index (χ3n) is 5.78. The van der Waals surface area contributed by atoms with Crippen LogP contribution in [0.3, 0.4) is 0 Å². The van der Waals surface area contributed by atoms with Gasteiger partial charge in [-0.1, -0.05) is 35.9 Å². The third kappa shape index (κ3) is 5.24. The molecule has 1 aliphatic heterocycles. The molecule has 0 atom stereocenters. The number of carbonyl (C=O) groups is 3. The molecule has 184 valence electrons. The van der Waals surface area contributed by atoms with Gasteiger partial charge >= 0.3 is 6.03 Å². The Bertz CT molecular complexity index is 1400. The minimum absolute atomic E-state index is 0.164. The number of anilines is 1. The summed E-state index contributed by atoms with van der Waals surface area (Å²) in [6.45, 7) is 4.01. The van der Waals surface area contributed by atoms with Crippen molar-refractivity contribution in [3.8, 4) is 11.5 Å². The first-order valence-corrected chi connectivity index (χ1v) is 12.4. The van der Waals surface area contributed by atoms with Gasteiger partial charge in [0.2, 0.25) is 0 Å². The lowest BCUT2D eigenvalue weighted by Gasteiger charge is -2.28. The summed E-state index contributed by atoms with van der Waals surface area (Å²) in [5.41, 5.74) is 3.43. The molecule has 0 bridgehead atoms. The number of hydrogen-bond donors (Lipinski definition) is 1. The van der Waals surface area contributed by atoms with E-state index in [1.807, 2.05) is 32.0 Å². The lowest BCUT2D eigenvalue weighted by Crippen LogP contribution is -2.54. The van der Waals surface area contributed by atoms with E-state index in [2.05, 4.69) is 27.9 Å². The maximum absolute atomic E-state index is 13.3. The molecule has 0 saturated carbocycles. The molecule has 7 nitrogen and oxygen atoms in total. The Balaban J connectivity index is 1.66. The number of hydrogen-bond acceptors (Lipinski definition) is 5. The van der Waals surface area contributed by atoms with Crippen molar-refractivity contribution in [2.24, 2.45) is 0 Å². The number of nitrogens with zero attached hydrogens (tertiary/aromatic N) is 1. The molecule has 1 fully saturated rings. The minimum Gasteiger partial charge on any atom is -0.493 e. The molecule has 0 spiro atoms. The highest BCUT2D eigenvalue weighted by atomic mass is 127. The van der Waals surface area contributed by atoms with Gasteiger partial charge in [0.05, 0.1) is 16.4 Å². The Morgan fingerprint density at radius 3 is 2.47 bits per heavy atom. The van der Waals surface area contributed by atoms with E-state index in [0.717, 1.165) is 25.2 Å². The van der Waals surface area contributed by atoms with Gasteiger partial charge in [-0.2, -0.15) is 0 Å². The summed E-state index contributed by atoms with van der Waals surface area (Å²) >= 11 is 8.05. The van der Waals surface area contributed by atoms with E-state index in [4.69, 9.17) is 21.1 Å². The second-order valence-electron chi connectivity index (χ2n) is 8.13. The van der Waals surface area contributed by atoms with E-state index < -0.39 is 17.8 Å². The summed E-state index contributed by atoms with van der Waals surface area (Å²) < 4.78 is 12.2. The molecule has 0 unspecified atom stereocenters. The maximum atomic E-state index is 13.3. The summed E-state index contributed by atoms with van der Waals surface area (Å²) in [5, 5.41) is 2.91. The van der Waals surface area contributed by atoms with Gasteiger partial charge < -0.3 is 9.47 Å². The molecule has 4 rings (SSSR count). The van der Waals surface area contributed by atoms with Crippen LogP contribution in [0.2, 0.25) is 5.02 Å². The Morgan fingerprint density at radius 2 is 1.78 bits per heavy atom. The number of amides is 4. The predicted octanol–water partition coefficient (Wildman–Crippen LogP) is 5.82. The Kier molecular flexibility index (Phi) is 7.65. The molecule has 0 aliphatic carbocycles. The summed E-state index contributed by atoms with van der Waals surface area (Å²) in [6, 6.07) is 15.3. The number of aryl methyl sites for hydroxylation is 1. The van der Waals surface area contributed by atoms with Crippen LogP contribution in [0.1, 0.15) is 22.3 Å². The quantitative estimate of drug-likeness (QED) is 0.215. The molecule has 4 amide bonds. The first-order valence-electron chi connectivity index (χ1n) is 10.9. The number of benzene rings is 3. The number of nitrogens with one attached hydrogen (secondary N) is 1. The second kappa shape index (κ2) is 10.7. The summed E-state index contributed by atoms with van der Waals surface area (Å²) in [7, 11) is 1.51. The van der Waals surface area contributed by atoms with Gasteiger partial charge in [0.25, 0.3) is 11.8 Å². The SMILES string of the molecule is COc1cc(/C=C2\C(=O)NC(=O)N(c3cccc(C)c3C)C2=O)cc(I)c1OCc1ccc(Cl)cc1. The van der Waals surface area contributed by atoms with E-state index >= 15 is 0 Å². The summed E-state index contributed by atoms with van der Waals surface area (Å²) in [6.07, 6.45) is 1.44. The van der Waals surface area contributed by atoms with Gasteiger partial charge in [-0.15, -0.1) is 0 Å². The van der Waals surface area contributed by atoms with Crippen molar-refractivity contribution < 1.29 is 23.9 Å². The van der Waals surface area contributed by atoms with Crippen LogP contribution in [-0.4, -0.2) is 25.0 Å². The fourth-order valence-electron chi connectivity index (χ4n) is 3.72. The maximum Gasteiger partial charge on any atom is 0.335 e. The number of methoxy groups -OCH3 is 1. The Morgan fingerprint density at radius 1 is 1.06 bits per heavy atom. The normalized spacial score (nSPS) is 14.8.